The number of hydrogen-bond donors (Lipinski definition) is 2. The average molecular weight is 485 g/mol. The van der Waals surface area contributed by atoms with Crippen LogP contribution in [0.2, 0.25) is 0 Å². The van der Waals surface area contributed by atoms with Gasteiger partial charge in [0.05, 0.1) is 13.2 Å². The van der Waals surface area contributed by atoms with Gasteiger partial charge in [0.1, 0.15) is 6.04 Å². The van der Waals surface area contributed by atoms with Crippen molar-refractivity contribution >= 4 is 23.6 Å². The van der Waals surface area contributed by atoms with Crippen LogP contribution in [-0.2, 0) is 22.7 Å². The van der Waals surface area contributed by atoms with E-state index >= 15 is 0 Å². The summed E-state index contributed by atoms with van der Waals surface area (Å²) in [5, 5.41) is 12.2. The molecule has 0 saturated carbocycles. The van der Waals surface area contributed by atoms with Gasteiger partial charge in [-0.3, -0.25) is 4.79 Å². The van der Waals surface area contributed by atoms with E-state index in [-0.39, 0.29) is 24.8 Å². The minimum Gasteiger partial charge on any atom is -0.480 e. The Morgan fingerprint density at radius 2 is 1.66 bits per heavy atom. The van der Waals surface area contributed by atoms with Crippen LogP contribution >= 0.6 is 11.8 Å². The fourth-order valence-electron chi connectivity index (χ4n) is 3.79. The summed E-state index contributed by atoms with van der Waals surface area (Å²) in [4.78, 5) is 24.8. The van der Waals surface area contributed by atoms with Crippen LogP contribution in [0.4, 0.5) is 0 Å². The number of amides is 1. The molecule has 3 aromatic rings. The van der Waals surface area contributed by atoms with Crippen LogP contribution in [-0.4, -0.2) is 35.0 Å². The molecule has 7 heteroatoms. The Balaban J connectivity index is 0.00000432. The molecule has 0 aliphatic rings. The molecule has 0 saturated heterocycles. The number of aliphatic carboxylic acids is 1. The van der Waals surface area contributed by atoms with Gasteiger partial charge < -0.3 is 15.2 Å². The first-order valence-electron chi connectivity index (χ1n) is 11.2. The molecular formula is C28H31LiNO4S+. The third-order valence-corrected chi connectivity index (χ3v) is 6.24. The Morgan fingerprint density at radius 3 is 2.31 bits per heavy atom. The second kappa shape index (κ2) is 14.2. The van der Waals surface area contributed by atoms with Crippen molar-refractivity contribution in [3.05, 3.63) is 94.5 Å². The number of carboxylic acids is 1. The first-order valence-corrected chi connectivity index (χ1v) is 12.6. The molecule has 3 rings (SSSR count). The third kappa shape index (κ3) is 8.30. The number of rotatable bonds is 11. The van der Waals surface area contributed by atoms with Gasteiger partial charge in [-0.05, 0) is 72.2 Å². The van der Waals surface area contributed by atoms with Gasteiger partial charge >= 0.3 is 24.8 Å². The molecule has 0 aliphatic heterocycles. The Bertz CT molecular complexity index is 1150. The van der Waals surface area contributed by atoms with E-state index in [2.05, 4.69) is 24.4 Å². The van der Waals surface area contributed by atoms with E-state index in [4.69, 9.17) is 4.74 Å². The van der Waals surface area contributed by atoms with E-state index in [0.29, 0.717) is 31.0 Å². The quantitative estimate of drug-likeness (QED) is 0.410. The van der Waals surface area contributed by atoms with Crippen LogP contribution in [0, 0.1) is 13.8 Å². The first-order chi connectivity index (χ1) is 16.4. The van der Waals surface area contributed by atoms with Crippen molar-refractivity contribution < 1.29 is 38.3 Å². The molecule has 3 aromatic carbocycles. The van der Waals surface area contributed by atoms with Gasteiger partial charge in [0, 0.05) is 5.56 Å². The van der Waals surface area contributed by atoms with Gasteiger partial charge in [0.25, 0.3) is 5.91 Å². The molecular weight excluding hydrogens is 453 g/mol. The molecule has 0 fully saturated rings. The molecule has 2 N–H and O–H groups in total. The number of carbonyl (C=O) groups excluding carboxylic acids is 1. The first kappa shape index (κ1) is 28.7. The van der Waals surface area contributed by atoms with E-state index < -0.39 is 12.0 Å². The minimum absolute atomic E-state index is 0. The number of ether oxygens (including phenoxy) is 1. The SMILES string of the molecule is CSCCC(NC(=O)c1ccc(COCc2cccc(C)c2)cc1-c1ccccc1C)C(=O)O.[Li+]. The average Bonchev–Trinajstić information content (AvgIpc) is 2.82. The molecule has 0 heterocycles. The van der Waals surface area contributed by atoms with E-state index in [1.165, 1.54) is 5.56 Å². The smallest absolute Gasteiger partial charge is 0.480 e. The summed E-state index contributed by atoms with van der Waals surface area (Å²) in [7, 11) is 0. The summed E-state index contributed by atoms with van der Waals surface area (Å²) in [5.74, 6) is -0.765. The third-order valence-electron chi connectivity index (χ3n) is 5.60. The molecule has 0 radical (unpaired) electrons. The van der Waals surface area contributed by atoms with Crippen molar-refractivity contribution in [1.29, 1.82) is 0 Å². The summed E-state index contributed by atoms with van der Waals surface area (Å²) in [6, 6.07) is 20.7. The zero-order chi connectivity index (χ0) is 24.5. The molecule has 1 amide bonds. The number of carbonyl (C=O) groups is 2. The van der Waals surface area contributed by atoms with E-state index in [1.54, 1.807) is 17.8 Å². The summed E-state index contributed by atoms with van der Waals surface area (Å²) in [6.07, 6.45) is 2.28. The van der Waals surface area contributed by atoms with Crippen LogP contribution in [0.5, 0.6) is 0 Å². The zero-order valence-electron chi connectivity index (χ0n) is 20.8. The Labute approximate surface area is 223 Å². The summed E-state index contributed by atoms with van der Waals surface area (Å²) < 4.78 is 5.94. The van der Waals surface area contributed by atoms with Crippen LogP contribution in [0.3, 0.4) is 0 Å². The Kier molecular flexibility index (Phi) is 11.6. The maximum absolute atomic E-state index is 13.2. The van der Waals surface area contributed by atoms with Crippen LogP contribution in [0.1, 0.15) is 39.0 Å². The van der Waals surface area contributed by atoms with Crippen molar-refractivity contribution in [3.63, 3.8) is 0 Å². The van der Waals surface area contributed by atoms with Gasteiger partial charge in [-0.25, -0.2) is 4.79 Å². The number of nitrogens with one attached hydrogen (secondary N) is 1. The monoisotopic (exact) mass is 484 g/mol. The van der Waals surface area contributed by atoms with Crippen molar-refractivity contribution in [2.24, 2.45) is 0 Å². The minimum atomic E-state index is -1.03. The number of carboxylic acid groups (broad SMARTS) is 1. The van der Waals surface area contributed by atoms with E-state index in [0.717, 1.165) is 27.8 Å². The van der Waals surface area contributed by atoms with Gasteiger partial charge in [-0.1, -0.05) is 60.2 Å². The number of hydrogen-bond acceptors (Lipinski definition) is 4. The topological polar surface area (TPSA) is 75.6 Å². The molecule has 1 atom stereocenters. The standard InChI is InChI=1S/C28H31NO4S.Li/c1-19-7-6-9-21(15-19)17-33-18-22-11-12-24(25(16-22)23-10-5-4-8-20(23)2)27(30)29-26(28(31)32)13-14-34-3;/h4-12,15-16,26H,13-14,17-18H2,1-3H3,(H,29,30)(H,31,32);/q;+1. The maximum Gasteiger partial charge on any atom is 1.00 e. The molecule has 178 valence electrons. The van der Waals surface area contributed by atoms with Crippen molar-refractivity contribution in [3.8, 4) is 11.1 Å². The van der Waals surface area contributed by atoms with Crippen LogP contribution < -0.4 is 24.2 Å². The normalized spacial score (nSPS) is 11.4. The maximum atomic E-state index is 13.2. The molecule has 0 aromatic heterocycles. The molecule has 0 spiro atoms. The van der Waals surface area contributed by atoms with Crippen LogP contribution in [0.25, 0.3) is 11.1 Å². The number of thioether (sulfide) groups is 1. The van der Waals surface area contributed by atoms with Gasteiger partial charge in [-0.2, -0.15) is 11.8 Å². The molecule has 0 bridgehead atoms. The summed E-state index contributed by atoms with van der Waals surface area (Å²) in [6.45, 7) is 4.95. The van der Waals surface area contributed by atoms with E-state index in [9.17, 15) is 14.7 Å². The summed E-state index contributed by atoms with van der Waals surface area (Å²) in [5.41, 5.74) is 6.43. The zero-order valence-corrected chi connectivity index (χ0v) is 21.7. The molecule has 5 nitrogen and oxygen atoms in total. The number of benzene rings is 3. The van der Waals surface area contributed by atoms with Crippen LogP contribution in [0.15, 0.2) is 66.7 Å². The Hall–Kier alpha value is -2.49. The van der Waals surface area contributed by atoms with Crippen molar-refractivity contribution in [2.45, 2.75) is 39.5 Å². The second-order valence-electron chi connectivity index (χ2n) is 8.32. The van der Waals surface area contributed by atoms with Gasteiger partial charge in [0.2, 0.25) is 0 Å². The largest absolute Gasteiger partial charge is 1.00 e. The van der Waals surface area contributed by atoms with Gasteiger partial charge in [-0.15, -0.1) is 0 Å². The van der Waals surface area contributed by atoms with Crippen molar-refractivity contribution in [1.82, 2.24) is 5.32 Å². The summed E-state index contributed by atoms with van der Waals surface area (Å²) >= 11 is 1.55. The fourth-order valence-corrected chi connectivity index (χ4v) is 4.27. The Morgan fingerprint density at radius 1 is 0.943 bits per heavy atom. The number of aryl methyl sites for hydroxylation is 2. The van der Waals surface area contributed by atoms with Crippen molar-refractivity contribution in [2.75, 3.05) is 12.0 Å². The fraction of sp³-hybridized carbons (Fsp3) is 0.286. The molecule has 0 aliphatic carbocycles. The second-order valence-corrected chi connectivity index (χ2v) is 9.31. The molecule has 35 heavy (non-hydrogen) atoms. The van der Waals surface area contributed by atoms with Gasteiger partial charge in [0.15, 0.2) is 0 Å². The predicted molar refractivity (Wildman–Crippen MR) is 138 cm³/mol. The van der Waals surface area contributed by atoms with E-state index in [1.807, 2.05) is 61.7 Å². The predicted octanol–water partition coefficient (Wildman–Crippen LogP) is 2.63. The molecule has 1 unspecified atom stereocenters.